The zero-order valence-corrected chi connectivity index (χ0v) is 12.9. The van der Waals surface area contributed by atoms with Gasteiger partial charge < -0.3 is 14.5 Å². The molecule has 0 saturated carbocycles. The molecule has 0 aliphatic heterocycles. The van der Waals surface area contributed by atoms with Crippen LogP contribution in [0.15, 0.2) is 46.9 Å². The van der Waals surface area contributed by atoms with Crippen molar-refractivity contribution < 1.29 is 23.7 Å². The van der Waals surface area contributed by atoms with Gasteiger partial charge >= 0.3 is 11.9 Å². The van der Waals surface area contributed by atoms with Crippen LogP contribution >= 0.6 is 11.6 Å². The van der Waals surface area contributed by atoms with Crippen LogP contribution < -0.4 is 5.32 Å². The van der Waals surface area contributed by atoms with Crippen LogP contribution in [0, 0.1) is 10.1 Å². The van der Waals surface area contributed by atoms with E-state index in [4.69, 9.17) is 20.8 Å². The van der Waals surface area contributed by atoms with Crippen LogP contribution in [-0.4, -0.2) is 23.4 Å². The number of nitrogens with zero attached hydrogens (tertiary/aromatic N) is 1. The minimum Gasteiger partial charge on any atom is -0.452 e. The molecule has 124 valence electrons. The summed E-state index contributed by atoms with van der Waals surface area (Å²) in [5.74, 6) is -1.66. The highest BCUT2D eigenvalue weighted by molar-refractivity contribution is 6.30. The zero-order chi connectivity index (χ0) is 17.5. The summed E-state index contributed by atoms with van der Waals surface area (Å²) < 4.78 is 9.56. The average molecular weight is 351 g/mol. The van der Waals surface area contributed by atoms with Crippen LogP contribution in [0.2, 0.25) is 5.02 Å². The number of furan rings is 1. The van der Waals surface area contributed by atoms with Crippen molar-refractivity contribution in [1.82, 2.24) is 0 Å². The van der Waals surface area contributed by atoms with Crippen molar-refractivity contribution in [3.8, 4) is 0 Å². The van der Waals surface area contributed by atoms with Crippen LogP contribution in [0.5, 0.6) is 0 Å². The number of hydrogen-bond donors (Lipinski definition) is 1. The minimum absolute atomic E-state index is 0.113. The SMILES string of the molecule is O=C(COC(=O)/C=C/c1ccc([N+](=O)[O-])o1)Nc1cccc(Cl)c1. The Morgan fingerprint density at radius 3 is 2.79 bits per heavy atom. The Balaban J connectivity index is 1.80. The summed E-state index contributed by atoms with van der Waals surface area (Å²) in [7, 11) is 0. The maximum Gasteiger partial charge on any atom is 0.433 e. The van der Waals surface area contributed by atoms with Gasteiger partial charge in [0.1, 0.15) is 10.7 Å². The highest BCUT2D eigenvalue weighted by Gasteiger charge is 2.10. The third kappa shape index (κ3) is 5.25. The van der Waals surface area contributed by atoms with Gasteiger partial charge in [-0.25, -0.2) is 4.79 Å². The van der Waals surface area contributed by atoms with Crippen molar-refractivity contribution in [1.29, 1.82) is 0 Å². The Morgan fingerprint density at radius 1 is 1.33 bits per heavy atom. The molecule has 0 spiro atoms. The molecular formula is C15H11ClN2O6. The van der Waals surface area contributed by atoms with Gasteiger partial charge in [-0.3, -0.25) is 14.9 Å². The monoisotopic (exact) mass is 350 g/mol. The second kappa shape index (κ2) is 7.93. The van der Waals surface area contributed by atoms with Crippen molar-refractivity contribution in [2.45, 2.75) is 0 Å². The number of benzene rings is 1. The fraction of sp³-hybridized carbons (Fsp3) is 0.0667. The fourth-order valence-electron chi connectivity index (χ4n) is 1.63. The van der Waals surface area contributed by atoms with E-state index in [0.717, 1.165) is 12.1 Å². The van der Waals surface area contributed by atoms with Crippen LogP contribution in [0.1, 0.15) is 5.76 Å². The first-order valence-corrected chi connectivity index (χ1v) is 6.96. The molecule has 24 heavy (non-hydrogen) atoms. The van der Waals surface area contributed by atoms with E-state index in [1.165, 1.54) is 12.1 Å². The lowest BCUT2D eigenvalue weighted by molar-refractivity contribution is -0.402. The molecule has 0 fully saturated rings. The van der Waals surface area contributed by atoms with Crippen LogP contribution in [0.4, 0.5) is 11.6 Å². The molecule has 2 rings (SSSR count). The standard InChI is InChI=1S/C15H11ClN2O6/c16-10-2-1-3-11(8-10)17-13(19)9-23-15(20)7-5-12-4-6-14(24-12)18(21)22/h1-8H,9H2,(H,17,19)/b7-5+. The molecule has 0 aliphatic carbocycles. The Hall–Kier alpha value is -3.13. The van der Waals surface area contributed by atoms with Crippen LogP contribution in [0.25, 0.3) is 6.08 Å². The number of amides is 1. The maximum absolute atomic E-state index is 11.6. The van der Waals surface area contributed by atoms with Crippen molar-refractivity contribution in [2.24, 2.45) is 0 Å². The van der Waals surface area contributed by atoms with Gasteiger partial charge in [-0.05, 0) is 30.3 Å². The predicted octanol–water partition coefficient (Wildman–Crippen LogP) is 3.04. The molecule has 0 aliphatic rings. The summed E-state index contributed by atoms with van der Waals surface area (Å²) in [6.07, 6.45) is 2.19. The zero-order valence-electron chi connectivity index (χ0n) is 12.1. The molecule has 0 saturated heterocycles. The number of carbonyl (C=O) groups is 2. The molecule has 1 amide bonds. The predicted molar refractivity (Wildman–Crippen MR) is 85.4 cm³/mol. The topological polar surface area (TPSA) is 112 Å². The van der Waals surface area contributed by atoms with Crippen molar-refractivity contribution in [3.05, 3.63) is 63.4 Å². The van der Waals surface area contributed by atoms with Gasteiger partial charge in [0.15, 0.2) is 6.61 Å². The fourth-order valence-corrected chi connectivity index (χ4v) is 1.82. The van der Waals surface area contributed by atoms with E-state index in [-0.39, 0.29) is 5.76 Å². The van der Waals surface area contributed by atoms with Crippen molar-refractivity contribution in [2.75, 3.05) is 11.9 Å². The molecule has 8 nitrogen and oxygen atoms in total. The average Bonchev–Trinajstić information content (AvgIpc) is 3.00. The first kappa shape index (κ1) is 17.2. The van der Waals surface area contributed by atoms with E-state index in [0.29, 0.717) is 10.7 Å². The third-order valence-corrected chi connectivity index (χ3v) is 2.87. The first-order chi connectivity index (χ1) is 11.4. The van der Waals surface area contributed by atoms with Crippen LogP contribution in [0.3, 0.4) is 0 Å². The van der Waals surface area contributed by atoms with E-state index in [2.05, 4.69) is 5.32 Å². The largest absolute Gasteiger partial charge is 0.452 e. The number of ether oxygens (including phenoxy) is 1. The van der Waals surface area contributed by atoms with Gasteiger partial charge in [0, 0.05) is 16.8 Å². The lowest BCUT2D eigenvalue weighted by Crippen LogP contribution is -2.20. The number of esters is 1. The molecule has 1 aromatic carbocycles. The first-order valence-electron chi connectivity index (χ1n) is 6.58. The molecule has 0 unspecified atom stereocenters. The van der Waals surface area contributed by atoms with Crippen molar-refractivity contribution >= 4 is 41.1 Å². The van der Waals surface area contributed by atoms with Crippen LogP contribution in [-0.2, 0) is 14.3 Å². The Kier molecular flexibility index (Phi) is 5.69. The Bertz CT molecular complexity index is 799. The van der Waals surface area contributed by atoms with E-state index in [1.54, 1.807) is 24.3 Å². The van der Waals surface area contributed by atoms with Gasteiger partial charge in [0.2, 0.25) is 0 Å². The number of hydrogen-bond acceptors (Lipinski definition) is 6. The number of rotatable bonds is 6. The number of halogens is 1. The molecule has 1 heterocycles. The lowest BCUT2D eigenvalue weighted by Gasteiger charge is -2.05. The van der Waals surface area contributed by atoms with E-state index < -0.39 is 29.3 Å². The highest BCUT2D eigenvalue weighted by Crippen LogP contribution is 2.17. The quantitative estimate of drug-likeness (QED) is 0.371. The van der Waals surface area contributed by atoms with Crippen molar-refractivity contribution in [3.63, 3.8) is 0 Å². The molecule has 1 aromatic heterocycles. The smallest absolute Gasteiger partial charge is 0.433 e. The molecule has 9 heteroatoms. The van der Waals surface area contributed by atoms with Gasteiger partial charge in [0.25, 0.3) is 5.91 Å². The van der Waals surface area contributed by atoms with Gasteiger partial charge in [-0.15, -0.1) is 0 Å². The third-order valence-electron chi connectivity index (χ3n) is 2.63. The number of carbonyl (C=O) groups excluding carboxylic acids is 2. The molecule has 1 N–H and O–H groups in total. The molecule has 0 atom stereocenters. The summed E-state index contributed by atoms with van der Waals surface area (Å²) in [6, 6.07) is 8.98. The summed E-state index contributed by atoms with van der Waals surface area (Å²) in [4.78, 5) is 32.9. The highest BCUT2D eigenvalue weighted by atomic mass is 35.5. The summed E-state index contributed by atoms with van der Waals surface area (Å²) in [6.45, 7) is -0.492. The molecular weight excluding hydrogens is 340 g/mol. The second-order valence-electron chi connectivity index (χ2n) is 4.43. The molecule has 0 bridgehead atoms. The van der Waals surface area contributed by atoms with E-state index in [9.17, 15) is 19.7 Å². The number of anilines is 1. The van der Waals surface area contributed by atoms with Gasteiger partial charge in [-0.2, -0.15) is 0 Å². The molecule has 2 aromatic rings. The van der Waals surface area contributed by atoms with Gasteiger partial charge in [-0.1, -0.05) is 17.7 Å². The minimum atomic E-state index is -0.796. The van der Waals surface area contributed by atoms with Gasteiger partial charge in [0.05, 0.1) is 6.07 Å². The Labute approximate surface area is 140 Å². The second-order valence-corrected chi connectivity index (χ2v) is 4.87. The summed E-state index contributed by atoms with van der Waals surface area (Å²) >= 11 is 5.78. The maximum atomic E-state index is 11.6. The lowest BCUT2D eigenvalue weighted by atomic mass is 10.3. The van der Waals surface area contributed by atoms with E-state index in [1.807, 2.05) is 0 Å². The summed E-state index contributed by atoms with van der Waals surface area (Å²) in [5, 5.41) is 13.4. The number of nitro groups is 1. The number of nitrogens with one attached hydrogen (secondary N) is 1. The summed E-state index contributed by atoms with van der Waals surface area (Å²) in [5.41, 5.74) is 0.474. The Morgan fingerprint density at radius 2 is 2.12 bits per heavy atom. The normalized spacial score (nSPS) is 10.5. The van der Waals surface area contributed by atoms with E-state index >= 15 is 0 Å². The molecule has 0 radical (unpaired) electrons.